The minimum Gasteiger partial charge on any atom is -0.310 e. The zero-order valence-corrected chi connectivity index (χ0v) is 25.7. The van der Waals surface area contributed by atoms with Crippen LogP contribution in [0.3, 0.4) is 0 Å². The van der Waals surface area contributed by atoms with Crippen LogP contribution in [-0.2, 0) is 0 Å². The molecule has 1 heteroatoms. The van der Waals surface area contributed by atoms with Crippen molar-refractivity contribution in [1.29, 1.82) is 0 Å². The van der Waals surface area contributed by atoms with Crippen LogP contribution in [0.25, 0.3) is 76.8 Å². The molecule has 10 aromatic rings. The van der Waals surface area contributed by atoms with Crippen LogP contribution in [0.4, 0.5) is 17.1 Å². The largest absolute Gasteiger partial charge is 0.310 e. The van der Waals surface area contributed by atoms with E-state index in [0.29, 0.717) is 0 Å². The van der Waals surface area contributed by atoms with Gasteiger partial charge in [0.2, 0.25) is 0 Å². The number of hydrogen-bond acceptors (Lipinski definition) is 1. The van der Waals surface area contributed by atoms with E-state index in [1.165, 1.54) is 81.4 Å². The van der Waals surface area contributed by atoms with Crippen LogP contribution in [-0.4, -0.2) is 0 Å². The van der Waals surface area contributed by atoms with Crippen molar-refractivity contribution in [1.82, 2.24) is 0 Å². The van der Waals surface area contributed by atoms with Crippen LogP contribution in [0.1, 0.15) is 11.1 Å². The van der Waals surface area contributed by atoms with Crippen molar-refractivity contribution in [3.05, 3.63) is 175 Å². The molecule has 0 fully saturated rings. The van der Waals surface area contributed by atoms with Gasteiger partial charge >= 0.3 is 0 Å². The molecule has 0 aliphatic carbocycles. The lowest BCUT2D eigenvalue weighted by Crippen LogP contribution is -2.10. The van der Waals surface area contributed by atoms with Gasteiger partial charge in [0.25, 0.3) is 0 Å². The summed E-state index contributed by atoms with van der Waals surface area (Å²) in [5.74, 6) is 0. The number of nitrogens with zero attached hydrogens (tertiary/aromatic N) is 1. The summed E-state index contributed by atoms with van der Waals surface area (Å²) in [6.45, 7) is 0. The molecule has 1 nitrogen and oxygen atoms in total. The fourth-order valence-corrected chi connectivity index (χ4v) is 7.85. The summed E-state index contributed by atoms with van der Waals surface area (Å²) >= 11 is 0. The molecule has 0 saturated carbocycles. The standard InChI is InChI=1S/C46H29N/c1-3-14-37(15-4-1)47(38-16-5-2-6-17-38)42-29-36-25-21-30(40-27-26-33-12-9-19-41(42)45(33)46(36)40)20-24-34-28-35-13-7-10-31-22-23-32-11-8-18-39(34)44(32)43(31)35/h1-29H. The lowest BCUT2D eigenvalue weighted by atomic mass is 9.89. The van der Waals surface area contributed by atoms with Crippen LogP contribution >= 0.6 is 0 Å². The minimum atomic E-state index is 1.14. The quantitative estimate of drug-likeness (QED) is 0.141. The molecule has 218 valence electrons. The van der Waals surface area contributed by atoms with Gasteiger partial charge in [-0.25, -0.2) is 0 Å². The van der Waals surface area contributed by atoms with Crippen LogP contribution in [0.5, 0.6) is 0 Å². The molecule has 0 aliphatic heterocycles. The van der Waals surface area contributed by atoms with Gasteiger partial charge in [0, 0.05) is 16.8 Å². The molecule has 0 amide bonds. The highest BCUT2D eigenvalue weighted by molar-refractivity contribution is 6.28. The third-order valence-corrected chi connectivity index (χ3v) is 9.91. The maximum absolute atomic E-state index is 2.39. The van der Waals surface area contributed by atoms with Gasteiger partial charge in [0.1, 0.15) is 0 Å². The summed E-state index contributed by atoms with van der Waals surface area (Å²) < 4.78 is 0. The first-order chi connectivity index (χ1) is 23.3. The molecule has 0 saturated heterocycles. The molecule has 0 unspecified atom stereocenters. The average molecular weight is 596 g/mol. The molecule has 10 rings (SSSR count). The molecule has 0 aromatic heterocycles. The highest BCUT2D eigenvalue weighted by Gasteiger charge is 2.19. The molecule has 0 heterocycles. The molecule has 0 N–H and O–H groups in total. The van der Waals surface area contributed by atoms with E-state index in [2.05, 4.69) is 181 Å². The average Bonchev–Trinajstić information content (AvgIpc) is 3.13. The molecule has 0 aliphatic rings. The predicted molar refractivity (Wildman–Crippen MR) is 204 cm³/mol. The Kier molecular flexibility index (Phi) is 5.64. The van der Waals surface area contributed by atoms with E-state index < -0.39 is 0 Å². The second kappa shape index (κ2) is 10.2. The van der Waals surface area contributed by atoms with Crippen LogP contribution in [0.15, 0.2) is 164 Å². The smallest absolute Gasteiger partial charge is 0.0546 e. The molecule has 0 bridgehead atoms. The van der Waals surface area contributed by atoms with Gasteiger partial charge in [-0.2, -0.15) is 0 Å². The topological polar surface area (TPSA) is 3.24 Å². The Morgan fingerprint density at radius 3 is 1.53 bits per heavy atom. The number of para-hydroxylation sites is 2. The SMILES string of the molecule is C(=Cc1ccc2cc(N(c3ccccc3)c3ccccc3)c3cccc4ccc1c2c43)c1cc2cccc3ccc4cccc1c4c32. The van der Waals surface area contributed by atoms with Crippen molar-refractivity contribution in [2.75, 3.05) is 4.90 Å². The van der Waals surface area contributed by atoms with E-state index in [1.807, 2.05) is 0 Å². The van der Waals surface area contributed by atoms with Gasteiger partial charge in [-0.05, 0) is 107 Å². The Labute approximate surface area is 272 Å². The second-order valence-electron chi connectivity index (χ2n) is 12.5. The van der Waals surface area contributed by atoms with Crippen LogP contribution in [0, 0.1) is 0 Å². The van der Waals surface area contributed by atoms with E-state index in [-0.39, 0.29) is 0 Å². The third-order valence-electron chi connectivity index (χ3n) is 9.91. The molecule has 10 aromatic carbocycles. The van der Waals surface area contributed by atoms with E-state index in [0.717, 1.165) is 11.4 Å². The van der Waals surface area contributed by atoms with Crippen molar-refractivity contribution < 1.29 is 0 Å². The summed E-state index contributed by atoms with van der Waals surface area (Å²) in [6, 6.07) is 59.8. The fraction of sp³-hybridized carbons (Fsp3) is 0. The lowest BCUT2D eigenvalue weighted by Gasteiger charge is -2.28. The highest BCUT2D eigenvalue weighted by Crippen LogP contribution is 2.45. The molecule has 0 radical (unpaired) electrons. The Hall–Kier alpha value is -6.18. The number of rotatable bonds is 5. The van der Waals surface area contributed by atoms with Gasteiger partial charge in [-0.3, -0.25) is 0 Å². The van der Waals surface area contributed by atoms with Crippen molar-refractivity contribution in [2.45, 2.75) is 0 Å². The van der Waals surface area contributed by atoms with Crippen molar-refractivity contribution in [2.24, 2.45) is 0 Å². The normalized spacial score (nSPS) is 12.2. The number of benzene rings is 10. The molecular formula is C46H29N. The monoisotopic (exact) mass is 595 g/mol. The van der Waals surface area contributed by atoms with Crippen LogP contribution < -0.4 is 4.90 Å². The summed E-state index contributed by atoms with van der Waals surface area (Å²) in [6.07, 6.45) is 4.62. The first-order valence-corrected chi connectivity index (χ1v) is 16.3. The maximum atomic E-state index is 2.39. The Balaban J connectivity index is 1.19. The molecule has 0 atom stereocenters. The van der Waals surface area contributed by atoms with E-state index in [1.54, 1.807) is 0 Å². The van der Waals surface area contributed by atoms with E-state index in [9.17, 15) is 0 Å². The van der Waals surface area contributed by atoms with Crippen molar-refractivity contribution in [3.63, 3.8) is 0 Å². The maximum Gasteiger partial charge on any atom is 0.0546 e. The summed E-state index contributed by atoms with van der Waals surface area (Å²) in [5, 5.41) is 15.5. The Morgan fingerprint density at radius 2 is 0.809 bits per heavy atom. The van der Waals surface area contributed by atoms with Gasteiger partial charge in [0.15, 0.2) is 0 Å². The molecule has 47 heavy (non-hydrogen) atoms. The fourth-order valence-electron chi connectivity index (χ4n) is 7.85. The van der Waals surface area contributed by atoms with Gasteiger partial charge < -0.3 is 4.90 Å². The third kappa shape index (κ3) is 3.97. The Morgan fingerprint density at radius 1 is 0.319 bits per heavy atom. The molecular weight excluding hydrogens is 567 g/mol. The number of anilines is 3. The first-order valence-electron chi connectivity index (χ1n) is 16.3. The van der Waals surface area contributed by atoms with Gasteiger partial charge in [-0.15, -0.1) is 0 Å². The summed E-state index contributed by atoms with van der Waals surface area (Å²) in [7, 11) is 0. The van der Waals surface area contributed by atoms with Crippen molar-refractivity contribution in [3.8, 4) is 0 Å². The highest BCUT2D eigenvalue weighted by atomic mass is 15.1. The van der Waals surface area contributed by atoms with Gasteiger partial charge in [-0.1, -0.05) is 140 Å². The predicted octanol–water partition coefficient (Wildman–Crippen LogP) is 13.1. The number of hydrogen-bond donors (Lipinski definition) is 0. The first kappa shape index (κ1) is 26.1. The van der Waals surface area contributed by atoms with Gasteiger partial charge in [0.05, 0.1) is 5.69 Å². The van der Waals surface area contributed by atoms with Crippen molar-refractivity contribution >= 4 is 93.8 Å². The van der Waals surface area contributed by atoms with Crippen LogP contribution in [0.2, 0.25) is 0 Å². The molecule has 0 spiro atoms. The Bertz CT molecular complexity index is 2740. The lowest BCUT2D eigenvalue weighted by molar-refractivity contribution is 1.30. The summed E-state index contributed by atoms with van der Waals surface area (Å²) in [5.41, 5.74) is 5.95. The van der Waals surface area contributed by atoms with E-state index >= 15 is 0 Å². The second-order valence-corrected chi connectivity index (χ2v) is 12.5. The minimum absolute atomic E-state index is 1.14. The zero-order chi connectivity index (χ0) is 30.9. The zero-order valence-electron chi connectivity index (χ0n) is 25.7. The van der Waals surface area contributed by atoms with E-state index in [4.69, 9.17) is 0 Å². The summed E-state index contributed by atoms with van der Waals surface area (Å²) in [4.78, 5) is 2.39.